The highest BCUT2D eigenvalue weighted by Crippen LogP contribution is 2.50. The maximum atomic E-state index is 14.4. The second kappa shape index (κ2) is 9.77. The standard InChI is InChI=1S/C25H23Cl2N3O6S/c1-29(2)24(32)28-25(17-7-5-6-8-19(17)27)18-13-15(26)9-11-20(18)30(23(25)31)37(33,34)22-12-10-16(35-3)14-21(22)36-4/h5-14H,1-4H3,(H,28,32). The van der Waals surface area contributed by atoms with E-state index in [1.807, 2.05) is 0 Å². The molecule has 1 aliphatic heterocycles. The zero-order valence-corrected chi connectivity index (χ0v) is 22.6. The highest BCUT2D eigenvalue weighted by Gasteiger charge is 2.58. The van der Waals surface area contributed by atoms with E-state index in [2.05, 4.69) is 5.32 Å². The van der Waals surface area contributed by atoms with Crippen LogP contribution >= 0.6 is 23.2 Å². The molecule has 1 aliphatic rings. The number of nitrogens with zero attached hydrogens (tertiary/aromatic N) is 2. The van der Waals surface area contributed by atoms with Crippen LogP contribution in [0.15, 0.2) is 65.6 Å². The molecule has 1 heterocycles. The second-order valence-electron chi connectivity index (χ2n) is 8.31. The van der Waals surface area contributed by atoms with Crippen LogP contribution in [0, 0.1) is 0 Å². The third kappa shape index (κ3) is 4.24. The number of sulfonamides is 1. The molecule has 0 saturated carbocycles. The first-order valence-corrected chi connectivity index (χ1v) is 13.0. The molecule has 4 rings (SSSR count). The van der Waals surface area contributed by atoms with Crippen molar-refractivity contribution >= 4 is 50.9 Å². The number of anilines is 1. The van der Waals surface area contributed by atoms with Crippen LogP contribution in [0.1, 0.15) is 11.1 Å². The van der Waals surface area contributed by atoms with Crippen LogP contribution in [0.4, 0.5) is 10.5 Å². The molecule has 0 aromatic heterocycles. The first-order valence-electron chi connectivity index (χ1n) is 10.8. The van der Waals surface area contributed by atoms with Crippen molar-refractivity contribution < 1.29 is 27.5 Å². The molecule has 9 nitrogen and oxygen atoms in total. The molecule has 1 N–H and O–H groups in total. The Balaban J connectivity index is 2.05. The Hall–Kier alpha value is -3.47. The summed E-state index contributed by atoms with van der Waals surface area (Å²) in [6, 6.07) is 14.1. The van der Waals surface area contributed by atoms with Crippen LogP contribution < -0.4 is 19.1 Å². The van der Waals surface area contributed by atoms with Gasteiger partial charge in [-0.15, -0.1) is 0 Å². The van der Waals surface area contributed by atoms with Gasteiger partial charge in [-0.25, -0.2) is 13.2 Å². The van der Waals surface area contributed by atoms with Gasteiger partial charge in [0.05, 0.1) is 19.9 Å². The van der Waals surface area contributed by atoms with E-state index in [4.69, 9.17) is 32.7 Å². The minimum Gasteiger partial charge on any atom is -0.497 e. The minimum atomic E-state index is -4.58. The summed E-state index contributed by atoms with van der Waals surface area (Å²) in [5.41, 5.74) is -1.68. The summed E-state index contributed by atoms with van der Waals surface area (Å²) in [6.07, 6.45) is 0. The molecule has 0 radical (unpaired) electrons. The molecule has 0 bridgehead atoms. The van der Waals surface area contributed by atoms with Crippen LogP contribution in [0.25, 0.3) is 0 Å². The number of urea groups is 1. The number of amides is 3. The van der Waals surface area contributed by atoms with Crippen LogP contribution in [0.3, 0.4) is 0 Å². The van der Waals surface area contributed by atoms with Crippen molar-refractivity contribution in [2.24, 2.45) is 0 Å². The maximum Gasteiger partial charge on any atom is 0.318 e. The SMILES string of the molecule is COc1ccc(S(=O)(=O)N2C(=O)C(NC(=O)N(C)C)(c3ccccc3Cl)c3cc(Cl)ccc32)c(OC)c1. The molecular weight excluding hydrogens is 541 g/mol. The topological polar surface area (TPSA) is 105 Å². The van der Waals surface area contributed by atoms with E-state index in [-0.39, 0.29) is 37.5 Å². The quantitative estimate of drug-likeness (QED) is 0.480. The summed E-state index contributed by atoms with van der Waals surface area (Å²) >= 11 is 12.9. The molecule has 0 fully saturated rings. The molecule has 37 heavy (non-hydrogen) atoms. The number of ether oxygens (including phenoxy) is 2. The van der Waals surface area contributed by atoms with Gasteiger partial charge in [-0.1, -0.05) is 41.4 Å². The zero-order chi connectivity index (χ0) is 27.1. The van der Waals surface area contributed by atoms with Gasteiger partial charge in [0.2, 0.25) is 0 Å². The van der Waals surface area contributed by atoms with Crippen molar-refractivity contribution in [3.63, 3.8) is 0 Å². The molecule has 1 atom stereocenters. The lowest BCUT2D eigenvalue weighted by Gasteiger charge is -2.32. The average molecular weight is 564 g/mol. The molecule has 194 valence electrons. The zero-order valence-electron chi connectivity index (χ0n) is 20.3. The van der Waals surface area contributed by atoms with Gasteiger partial charge in [-0.3, -0.25) is 4.79 Å². The predicted molar refractivity (Wildman–Crippen MR) is 140 cm³/mol. The number of benzene rings is 3. The number of methoxy groups -OCH3 is 2. The van der Waals surface area contributed by atoms with Gasteiger partial charge in [-0.2, -0.15) is 4.31 Å². The lowest BCUT2D eigenvalue weighted by atomic mass is 9.83. The molecule has 3 aromatic rings. The van der Waals surface area contributed by atoms with E-state index in [1.165, 1.54) is 69.6 Å². The fourth-order valence-electron chi connectivity index (χ4n) is 4.17. The molecule has 0 spiro atoms. The number of carbonyl (C=O) groups is 2. The molecule has 3 aromatic carbocycles. The number of fused-ring (bicyclic) bond motifs is 1. The monoisotopic (exact) mass is 563 g/mol. The van der Waals surface area contributed by atoms with Crippen molar-refractivity contribution in [1.82, 2.24) is 10.2 Å². The minimum absolute atomic E-state index is 0.00578. The molecular formula is C25H23Cl2N3O6S. The fraction of sp³-hybridized carbons (Fsp3) is 0.200. The van der Waals surface area contributed by atoms with Gasteiger partial charge in [0.25, 0.3) is 15.9 Å². The van der Waals surface area contributed by atoms with Crippen LogP contribution in [0.5, 0.6) is 11.5 Å². The van der Waals surface area contributed by atoms with Gasteiger partial charge < -0.3 is 19.7 Å². The first-order chi connectivity index (χ1) is 17.5. The van der Waals surface area contributed by atoms with E-state index >= 15 is 0 Å². The number of carbonyl (C=O) groups excluding carboxylic acids is 2. The number of hydrogen-bond donors (Lipinski definition) is 1. The van der Waals surface area contributed by atoms with Crippen LogP contribution in [-0.2, 0) is 20.4 Å². The van der Waals surface area contributed by atoms with E-state index < -0.39 is 27.5 Å². The molecule has 0 saturated heterocycles. The van der Waals surface area contributed by atoms with Crippen molar-refractivity contribution in [2.45, 2.75) is 10.4 Å². The third-order valence-corrected chi connectivity index (χ3v) is 8.26. The van der Waals surface area contributed by atoms with Gasteiger partial charge in [0.1, 0.15) is 16.4 Å². The third-order valence-electron chi connectivity index (χ3n) is 5.95. The van der Waals surface area contributed by atoms with Crippen molar-refractivity contribution in [3.05, 3.63) is 81.8 Å². The highest BCUT2D eigenvalue weighted by molar-refractivity contribution is 7.93. The number of hydrogen-bond acceptors (Lipinski definition) is 6. The Morgan fingerprint density at radius 1 is 0.973 bits per heavy atom. The van der Waals surface area contributed by atoms with Crippen molar-refractivity contribution in [3.8, 4) is 11.5 Å². The van der Waals surface area contributed by atoms with Crippen LogP contribution in [-0.4, -0.2) is 53.6 Å². The van der Waals surface area contributed by atoms with E-state index in [0.29, 0.717) is 10.1 Å². The van der Waals surface area contributed by atoms with Gasteiger partial charge in [0, 0.05) is 41.3 Å². The Kier molecular flexibility index (Phi) is 7.02. The lowest BCUT2D eigenvalue weighted by molar-refractivity contribution is -0.121. The van der Waals surface area contributed by atoms with Crippen LogP contribution in [0.2, 0.25) is 10.0 Å². The Labute approximate surface area is 224 Å². The van der Waals surface area contributed by atoms with E-state index in [9.17, 15) is 18.0 Å². The first kappa shape index (κ1) is 26.6. The molecule has 1 unspecified atom stereocenters. The Morgan fingerprint density at radius 3 is 2.30 bits per heavy atom. The average Bonchev–Trinajstić information content (AvgIpc) is 3.11. The fourth-order valence-corrected chi connectivity index (χ4v) is 6.23. The second-order valence-corrected chi connectivity index (χ2v) is 10.9. The molecule has 3 amide bonds. The van der Waals surface area contributed by atoms with E-state index in [1.54, 1.807) is 24.3 Å². The smallest absolute Gasteiger partial charge is 0.318 e. The normalized spacial score (nSPS) is 16.8. The summed E-state index contributed by atoms with van der Waals surface area (Å²) in [6.45, 7) is 0. The van der Waals surface area contributed by atoms with Crippen molar-refractivity contribution in [2.75, 3.05) is 32.6 Å². The summed E-state index contributed by atoms with van der Waals surface area (Å²) in [5, 5.41) is 3.09. The molecule has 0 aliphatic carbocycles. The van der Waals surface area contributed by atoms with E-state index in [0.717, 1.165) is 0 Å². The van der Waals surface area contributed by atoms with Crippen molar-refractivity contribution in [1.29, 1.82) is 0 Å². The Morgan fingerprint density at radius 2 is 1.68 bits per heavy atom. The summed E-state index contributed by atoms with van der Waals surface area (Å²) < 4.78 is 39.3. The number of halogens is 2. The van der Waals surface area contributed by atoms with Gasteiger partial charge in [0.15, 0.2) is 5.54 Å². The number of nitrogens with one attached hydrogen (secondary N) is 1. The summed E-state index contributed by atoms with van der Waals surface area (Å²) in [7, 11) is 1.14. The Bertz CT molecular complexity index is 1510. The van der Waals surface area contributed by atoms with Gasteiger partial charge >= 0.3 is 6.03 Å². The largest absolute Gasteiger partial charge is 0.497 e. The summed E-state index contributed by atoms with van der Waals surface area (Å²) in [5.74, 6) is -0.638. The lowest BCUT2D eigenvalue weighted by Crippen LogP contribution is -2.56. The highest BCUT2D eigenvalue weighted by atomic mass is 35.5. The summed E-state index contributed by atoms with van der Waals surface area (Å²) in [4.78, 5) is 28.3. The molecule has 12 heteroatoms. The maximum absolute atomic E-state index is 14.4. The van der Waals surface area contributed by atoms with Gasteiger partial charge in [-0.05, 0) is 36.4 Å². The predicted octanol–water partition coefficient (Wildman–Crippen LogP) is 4.26. The number of rotatable bonds is 6.